The van der Waals surface area contributed by atoms with E-state index in [1.807, 2.05) is 37.5 Å². The minimum absolute atomic E-state index is 0.319. The SMILES string of the molecule is CN=C(NCc1ccnc(OCC2CC2)c1)NC1CCCN(c2ccccc2OC)C1. The van der Waals surface area contributed by atoms with E-state index in [-0.39, 0.29) is 0 Å². The highest BCUT2D eigenvalue weighted by Crippen LogP contribution is 2.30. The van der Waals surface area contributed by atoms with Crippen molar-refractivity contribution < 1.29 is 9.47 Å². The number of anilines is 1. The Kier molecular flexibility index (Phi) is 7.12. The maximum atomic E-state index is 5.80. The standard InChI is InChI=1S/C24H33N5O2/c1-25-24(27-15-19-11-12-26-23(14-19)31-17-18-9-10-18)28-20-6-5-13-29(16-20)21-7-3-4-8-22(21)30-2/h3-4,7-8,11-12,14,18,20H,5-6,9-10,13,15-17H2,1-2H3,(H2,25,27,28). The zero-order valence-electron chi connectivity index (χ0n) is 18.5. The van der Waals surface area contributed by atoms with Crippen molar-refractivity contribution in [3.63, 3.8) is 0 Å². The van der Waals surface area contributed by atoms with Crippen LogP contribution in [-0.4, -0.2) is 50.8 Å². The second kappa shape index (κ2) is 10.4. The summed E-state index contributed by atoms with van der Waals surface area (Å²) in [5, 5.41) is 7.01. The average Bonchev–Trinajstić information content (AvgIpc) is 3.65. The number of nitrogens with zero attached hydrogens (tertiary/aromatic N) is 3. The lowest BCUT2D eigenvalue weighted by Crippen LogP contribution is -2.51. The molecule has 4 rings (SSSR count). The van der Waals surface area contributed by atoms with E-state index < -0.39 is 0 Å². The molecule has 1 aromatic heterocycles. The third-order valence-corrected chi connectivity index (χ3v) is 5.83. The maximum Gasteiger partial charge on any atom is 0.213 e. The fraction of sp³-hybridized carbons (Fsp3) is 0.500. The largest absolute Gasteiger partial charge is 0.495 e. The van der Waals surface area contributed by atoms with Gasteiger partial charge in [-0.3, -0.25) is 4.99 Å². The Hall–Kier alpha value is -2.96. The topological polar surface area (TPSA) is 71.0 Å². The Morgan fingerprint density at radius 3 is 2.90 bits per heavy atom. The minimum atomic E-state index is 0.319. The summed E-state index contributed by atoms with van der Waals surface area (Å²) in [4.78, 5) is 11.1. The molecule has 0 radical (unpaired) electrons. The van der Waals surface area contributed by atoms with Crippen LogP contribution in [0.1, 0.15) is 31.2 Å². The van der Waals surface area contributed by atoms with E-state index in [9.17, 15) is 0 Å². The van der Waals surface area contributed by atoms with Gasteiger partial charge >= 0.3 is 0 Å². The number of nitrogens with one attached hydrogen (secondary N) is 2. The van der Waals surface area contributed by atoms with Gasteiger partial charge in [0.1, 0.15) is 5.75 Å². The molecule has 0 spiro atoms. The van der Waals surface area contributed by atoms with Crippen molar-refractivity contribution in [1.29, 1.82) is 0 Å². The van der Waals surface area contributed by atoms with Gasteiger partial charge in [0, 0.05) is 45.0 Å². The molecule has 0 bridgehead atoms. The molecule has 7 nitrogen and oxygen atoms in total. The van der Waals surface area contributed by atoms with Gasteiger partial charge in [-0.25, -0.2) is 4.98 Å². The van der Waals surface area contributed by atoms with E-state index in [4.69, 9.17) is 9.47 Å². The van der Waals surface area contributed by atoms with Gasteiger partial charge in [-0.15, -0.1) is 0 Å². The van der Waals surface area contributed by atoms with E-state index >= 15 is 0 Å². The zero-order valence-corrected chi connectivity index (χ0v) is 18.5. The van der Waals surface area contributed by atoms with E-state index in [0.29, 0.717) is 18.5 Å². The van der Waals surface area contributed by atoms with Gasteiger partial charge in [0.15, 0.2) is 5.96 Å². The highest BCUT2D eigenvalue weighted by molar-refractivity contribution is 5.80. The number of hydrogen-bond acceptors (Lipinski definition) is 5. The number of guanidine groups is 1. The number of piperidine rings is 1. The van der Waals surface area contributed by atoms with Crippen molar-refractivity contribution in [3.8, 4) is 11.6 Å². The van der Waals surface area contributed by atoms with Crippen LogP contribution in [0, 0.1) is 5.92 Å². The molecular weight excluding hydrogens is 390 g/mol. The van der Waals surface area contributed by atoms with Gasteiger partial charge in [-0.2, -0.15) is 0 Å². The minimum Gasteiger partial charge on any atom is -0.495 e. The Bertz CT molecular complexity index is 884. The van der Waals surface area contributed by atoms with Crippen LogP contribution in [0.2, 0.25) is 0 Å². The monoisotopic (exact) mass is 423 g/mol. The van der Waals surface area contributed by atoms with Gasteiger partial charge in [-0.05, 0) is 55.4 Å². The summed E-state index contributed by atoms with van der Waals surface area (Å²) in [6, 6.07) is 12.5. The molecule has 2 aliphatic rings. The Labute approximate surface area is 184 Å². The third-order valence-electron chi connectivity index (χ3n) is 5.83. The average molecular weight is 424 g/mol. The summed E-state index contributed by atoms with van der Waals surface area (Å²) in [5.74, 6) is 3.15. The first-order chi connectivity index (χ1) is 15.2. The summed E-state index contributed by atoms with van der Waals surface area (Å²) in [7, 11) is 3.54. The van der Waals surface area contributed by atoms with Crippen LogP contribution in [-0.2, 0) is 6.54 Å². The first-order valence-corrected chi connectivity index (χ1v) is 11.2. The molecule has 2 heterocycles. The molecule has 166 valence electrons. The molecule has 0 amide bonds. The fourth-order valence-corrected chi connectivity index (χ4v) is 3.91. The summed E-state index contributed by atoms with van der Waals surface area (Å²) >= 11 is 0. The molecule has 1 aromatic carbocycles. The van der Waals surface area contributed by atoms with Gasteiger partial charge in [0.25, 0.3) is 0 Å². The zero-order chi connectivity index (χ0) is 21.5. The van der Waals surface area contributed by atoms with Gasteiger partial charge < -0.3 is 25.0 Å². The van der Waals surface area contributed by atoms with Crippen LogP contribution in [0.5, 0.6) is 11.6 Å². The van der Waals surface area contributed by atoms with Crippen LogP contribution in [0.4, 0.5) is 5.69 Å². The van der Waals surface area contributed by atoms with Crippen LogP contribution in [0.25, 0.3) is 0 Å². The van der Waals surface area contributed by atoms with Crippen LogP contribution in [0.3, 0.4) is 0 Å². The number of ether oxygens (including phenoxy) is 2. The lowest BCUT2D eigenvalue weighted by molar-refractivity contribution is 0.288. The number of pyridine rings is 1. The fourth-order valence-electron chi connectivity index (χ4n) is 3.91. The maximum absolute atomic E-state index is 5.80. The van der Waals surface area contributed by atoms with Crippen LogP contribution in [0.15, 0.2) is 47.6 Å². The quantitative estimate of drug-likeness (QED) is 0.502. The molecule has 1 aliphatic heterocycles. The molecule has 1 saturated carbocycles. The Morgan fingerprint density at radius 1 is 1.23 bits per heavy atom. The molecule has 2 fully saturated rings. The van der Waals surface area contributed by atoms with E-state index in [2.05, 4.69) is 37.6 Å². The van der Waals surface area contributed by atoms with Crippen molar-refractivity contribution in [2.75, 3.05) is 38.8 Å². The normalized spacial score (nSPS) is 19.1. The summed E-state index contributed by atoms with van der Waals surface area (Å²) in [6.07, 6.45) is 6.60. The second-order valence-electron chi connectivity index (χ2n) is 8.28. The van der Waals surface area contributed by atoms with Gasteiger partial charge in [0.05, 0.1) is 19.4 Å². The first-order valence-electron chi connectivity index (χ1n) is 11.2. The molecule has 1 aliphatic carbocycles. The van der Waals surface area contributed by atoms with Crippen molar-refractivity contribution in [3.05, 3.63) is 48.2 Å². The molecule has 1 saturated heterocycles. The van der Waals surface area contributed by atoms with Gasteiger partial charge in [-0.1, -0.05) is 12.1 Å². The number of benzene rings is 1. The summed E-state index contributed by atoms with van der Waals surface area (Å²) in [5.41, 5.74) is 2.28. The molecule has 2 N–H and O–H groups in total. The number of rotatable bonds is 8. The van der Waals surface area contributed by atoms with Crippen LogP contribution < -0.4 is 25.0 Å². The Balaban J connectivity index is 1.30. The van der Waals surface area contributed by atoms with Crippen molar-refractivity contribution >= 4 is 11.6 Å². The lowest BCUT2D eigenvalue weighted by atomic mass is 10.0. The Morgan fingerprint density at radius 2 is 2.10 bits per heavy atom. The molecular formula is C24H33N5O2. The second-order valence-corrected chi connectivity index (χ2v) is 8.28. The summed E-state index contributed by atoms with van der Waals surface area (Å²) < 4.78 is 11.4. The number of methoxy groups -OCH3 is 1. The number of hydrogen-bond donors (Lipinski definition) is 2. The molecule has 1 unspecified atom stereocenters. The van der Waals surface area contributed by atoms with E-state index in [1.165, 1.54) is 12.8 Å². The van der Waals surface area contributed by atoms with Crippen molar-refractivity contribution in [2.45, 2.75) is 38.3 Å². The van der Waals surface area contributed by atoms with E-state index in [0.717, 1.165) is 61.4 Å². The predicted molar refractivity (Wildman–Crippen MR) is 124 cm³/mol. The van der Waals surface area contributed by atoms with Crippen molar-refractivity contribution in [1.82, 2.24) is 15.6 Å². The van der Waals surface area contributed by atoms with E-state index in [1.54, 1.807) is 7.11 Å². The predicted octanol–water partition coefficient (Wildman–Crippen LogP) is 3.21. The smallest absolute Gasteiger partial charge is 0.213 e. The highest BCUT2D eigenvalue weighted by atomic mass is 16.5. The molecule has 1 atom stereocenters. The first kappa shape index (κ1) is 21.3. The number of aliphatic imine (C=N–C) groups is 1. The van der Waals surface area contributed by atoms with Gasteiger partial charge in [0.2, 0.25) is 5.88 Å². The van der Waals surface area contributed by atoms with Crippen LogP contribution >= 0.6 is 0 Å². The lowest BCUT2D eigenvalue weighted by Gasteiger charge is -2.36. The molecule has 2 aromatic rings. The summed E-state index contributed by atoms with van der Waals surface area (Å²) in [6.45, 7) is 3.39. The molecule has 31 heavy (non-hydrogen) atoms. The molecule has 7 heteroatoms. The highest BCUT2D eigenvalue weighted by Gasteiger charge is 2.23. The van der Waals surface area contributed by atoms with Crippen molar-refractivity contribution in [2.24, 2.45) is 10.9 Å². The third kappa shape index (κ3) is 6.03. The number of para-hydroxylation sites is 2. The number of aromatic nitrogens is 1.